The second-order valence-corrected chi connectivity index (χ2v) is 10.6. The van der Waals surface area contributed by atoms with E-state index in [1.807, 2.05) is 56.3 Å². The molecule has 0 unspecified atom stereocenters. The predicted molar refractivity (Wildman–Crippen MR) is 134 cm³/mol. The molecule has 2 heterocycles. The Morgan fingerprint density at radius 3 is 2.00 bits per heavy atom. The first-order chi connectivity index (χ1) is 16.9. The number of aryl methyl sites for hydroxylation is 2. The van der Waals surface area contributed by atoms with Gasteiger partial charge in [0, 0.05) is 5.56 Å². The predicted octanol–water partition coefficient (Wildman–Crippen LogP) is 6.10. The van der Waals surface area contributed by atoms with E-state index in [4.69, 9.17) is 9.15 Å². The molecule has 5 rings (SSSR count). The van der Waals surface area contributed by atoms with E-state index < -0.39 is 27.6 Å². The summed E-state index contributed by atoms with van der Waals surface area (Å²) in [6, 6.07) is 26.4. The van der Waals surface area contributed by atoms with Crippen molar-refractivity contribution in [3.05, 3.63) is 130 Å². The van der Waals surface area contributed by atoms with Gasteiger partial charge in [0.05, 0.1) is 17.1 Å². The highest BCUT2D eigenvalue weighted by Gasteiger charge is 2.48. The molecular formula is C29H24O5S. The standard InChI is InChI=1S/C29H24O5S/c1-19-10-14-21(15-11-19)25-28(26(30)24-9-6-18-33-24)34-27(22-7-4-3-5-8-22)29(25)35(31,32)23-16-12-20(2)13-17-23/h3-18,25,28H,1-2H3/t25-,28+/m1/s1. The molecule has 0 spiro atoms. The van der Waals surface area contributed by atoms with Crippen LogP contribution in [0.25, 0.3) is 5.76 Å². The van der Waals surface area contributed by atoms with Gasteiger partial charge in [0.1, 0.15) is 10.7 Å². The van der Waals surface area contributed by atoms with Crippen molar-refractivity contribution in [1.82, 2.24) is 0 Å². The van der Waals surface area contributed by atoms with Crippen molar-refractivity contribution >= 4 is 21.4 Å². The SMILES string of the molecule is Cc1ccc([C@H]2C(S(=O)(=O)c3ccc(C)cc3)=C(c3ccccc3)O[C@@H]2C(=O)c2ccco2)cc1. The molecule has 0 N–H and O–H groups in total. The van der Waals surface area contributed by atoms with Crippen LogP contribution in [0, 0.1) is 13.8 Å². The summed E-state index contributed by atoms with van der Waals surface area (Å²) in [6.07, 6.45) is 0.313. The fourth-order valence-corrected chi connectivity index (χ4v) is 6.08. The second-order valence-electron chi connectivity index (χ2n) is 8.64. The molecule has 1 aliphatic heterocycles. The summed E-state index contributed by atoms with van der Waals surface area (Å²) in [6.45, 7) is 3.85. The van der Waals surface area contributed by atoms with Gasteiger partial charge in [0.15, 0.2) is 11.9 Å². The van der Waals surface area contributed by atoms with E-state index in [0.29, 0.717) is 11.1 Å². The molecule has 0 bridgehead atoms. The molecule has 1 aromatic heterocycles. The van der Waals surface area contributed by atoms with Crippen LogP contribution in [0.5, 0.6) is 0 Å². The quantitative estimate of drug-likeness (QED) is 0.309. The van der Waals surface area contributed by atoms with E-state index in [0.717, 1.165) is 11.1 Å². The lowest BCUT2D eigenvalue weighted by atomic mass is 9.90. The Morgan fingerprint density at radius 1 is 0.771 bits per heavy atom. The molecular weight excluding hydrogens is 460 g/mol. The van der Waals surface area contributed by atoms with E-state index >= 15 is 0 Å². The molecule has 176 valence electrons. The van der Waals surface area contributed by atoms with Crippen molar-refractivity contribution in [2.45, 2.75) is 30.8 Å². The number of benzene rings is 3. The van der Waals surface area contributed by atoms with Crippen LogP contribution in [0.1, 0.15) is 38.7 Å². The minimum Gasteiger partial charge on any atom is -0.479 e. The maximum Gasteiger partial charge on any atom is 0.239 e. The first-order valence-electron chi connectivity index (χ1n) is 11.3. The van der Waals surface area contributed by atoms with Crippen molar-refractivity contribution in [2.75, 3.05) is 0 Å². The van der Waals surface area contributed by atoms with Crippen molar-refractivity contribution in [3.63, 3.8) is 0 Å². The minimum atomic E-state index is -4.02. The van der Waals surface area contributed by atoms with E-state index in [2.05, 4.69) is 0 Å². The van der Waals surface area contributed by atoms with Crippen LogP contribution in [-0.4, -0.2) is 20.3 Å². The summed E-state index contributed by atoms with van der Waals surface area (Å²) in [7, 11) is -4.02. The fraction of sp³-hybridized carbons (Fsp3) is 0.138. The average molecular weight is 485 g/mol. The molecule has 0 aliphatic carbocycles. The van der Waals surface area contributed by atoms with Crippen LogP contribution in [0.3, 0.4) is 0 Å². The van der Waals surface area contributed by atoms with Gasteiger partial charge in [-0.2, -0.15) is 0 Å². The lowest BCUT2D eigenvalue weighted by Crippen LogP contribution is -2.28. The molecule has 4 aromatic rings. The van der Waals surface area contributed by atoms with Gasteiger partial charge in [-0.15, -0.1) is 0 Å². The highest BCUT2D eigenvalue weighted by Crippen LogP contribution is 2.48. The molecule has 35 heavy (non-hydrogen) atoms. The third-order valence-corrected chi connectivity index (χ3v) is 8.08. The first-order valence-corrected chi connectivity index (χ1v) is 12.8. The van der Waals surface area contributed by atoms with Gasteiger partial charge in [-0.1, -0.05) is 77.9 Å². The first kappa shape index (κ1) is 22.9. The highest BCUT2D eigenvalue weighted by atomic mass is 32.2. The number of hydrogen-bond acceptors (Lipinski definition) is 5. The zero-order valence-electron chi connectivity index (χ0n) is 19.3. The fourth-order valence-electron chi connectivity index (χ4n) is 4.33. The normalized spacial score (nSPS) is 17.9. The number of furan rings is 1. The van der Waals surface area contributed by atoms with Gasteiger partial charge in [0.2, 0.25) is 15.6 Å². The molecule has 0 radical (unpaired) electrons. The largest absolute Gasteiger partial charge is 0.479 e. The van der Waals surface area contributed by atoms with E-state index in [-0.39, 0.29) is 21.3 Å². The molecule has 1 aliphatic rings. The van der Waals surface area contributed by atoms with Gasteiger partial charge in [-0.05, 0) is 43.7 Å². The number of rotatable bonds is 6. The molecule has 0 saturated heterocycles. The maximum absolute atomic E-state index is 14.2. The van der Waals surface area contributed by atoms with Gasteiger partial charge < -0.3 is 9.15 Å². The summed E-state index contributed by atoms with van der Waals surface area (Å²) in [5.74, 6) is -0.965. The van der Waals surface area contributed by atoms with Crippen molar-refractivity contribution in [1.29, 1.82) is 0 Å². The zero-order valence-corrected chi connectivity index (χ0v) is 20.2. The summed E-state index contributed by atoms with van der Waals surface area (Å²) in [5, 5.41) is 0. The summed E-state index contributed by atoms with van der Waals surface area (Å²) in [4.78, 5) is 13.8. The Balaban J connectivity index is 1.76. The Morgan fingerprint density at radius 2 is 1.40 bits per heavy atom. The minimum absolute atomic E-state index is 0.0707. The van der Waals surface area contributed by atoms with Crippen molar-refractivity contribution in [3.8, 4) is 0 Å². The monoisotopic (exact) mass is 484 g/mol. The Kier molecular flexibility index (Phi) is 5.91. The number of ether oxygens (including phenoxy) is 1. The summed E-state index contributed by atoms with van der Waals surface area (Å²) >= 11 is 0. The number of carbonyl (C=O) groups excluding carboxylic acids is 1. The lowest BCUT2D eigenvalue weighted by molar-refractivity contribution is 0.0725. The molecule has 0 saturated carbocycles. The molecule has 2 atom stereocenters. The second kappa shape index (κ2) is 9.04. The third-order valence-electron chi connectivity index (χ3n) is 6.17. The van der Waals surface area contributed by atoms with Gasteiger partial charge in [0.25, 0.3) is 0 Å². The van der Waals surface area contributed by atoms with Crippen LogP contribution in [0.2, 0.25) is 0 Å². The molecule has 0 amide bonds. The number of Topliss-reactive ketones (excluding diaryl/α,β-unsaturated/α-hetero) is 1. The van der Waals surface area contributed by atoms with Crippen LogP contribution in [0.15, 0.2) is 111 Å². The molecule has 3 aromatic carbocycles. The summed E-state index contributed by atoms with van der Waals surface area (Å²) < 4.78 is 40.0. The average Bonchev–Trinajstić information content (AvgIpc) is 3.54. The number of carbonyl (C=O) groups is 1. The van der Waals surface area contributed by atoms with Crippen LogP contribution < -0.4 is 0 Å². The number of sulfone groups is 1. The van der Waals surface area contributed by atoms with Crippen molar-refractivity contribution in [2.24, 2.45) is 0 Å². The molecule has 6 heteroatoms. The topological polar surface area (TPSA) is 73.6 Å². The van der Waals surface area contributed by atoms with E-state index in [9.17, 15) is 13.2 Å². The van der Waals surface area contributed by atoms with Crippen LogP contribution in [-0.2, 0) is 14.6 Å². The van der Waals surface area contributed by atoms with Crippen molar-refractivity contribution < 1.29 is 22.4 Å². The van der Waals surface area contributed by atoms with Gasteiger partial charge in [-0.3, -0.25) is 4.79 Å². The van der Waals surface area contributed by atoms with E-state index in [1.165, 1.54) is 6.26 Å². The van der Waals surface area contributed by atoms with Crippen LogP contribution in [0.4, 0.5) is 0 Å². The smallest absolute Gasteiger partial charge is 0.239 e. The Bertz CT molecular complexity index is 1480. The summed E-state index contributed by atoms with van der Waals surface area (Å²) in [5.41, 5.74) is 3.24. The Hall–Kier alpha value is -3.90. The van der Waals surface area contributed by atoms with Gasteiger partial charge in [-0.25, -0.2) is 8.42 Å². The van der Waals surface area contributed by atoms with Gasteiger partial charge >= 0.3 is 0 Å². The number of ketones is 1. The molecule has 5 nitrogen and oxygen atoms in total. The third kappa shape index (κ3) is 4.21. The molecule has 0 fully saturated rings. The maximum atomic E-state index is 14.2. The highest BCUT2D eigenvalue weighted by molar-refractivity contribution is 7.95. The van der Waals surface area contributed by atoms with E-state index in [1.54, 1.807) is 48.5 Å². The Labute approximate surface area is 204 Å². The zero-order chi connectivity index (χ0) is 24.6. The lowest BCUT2D eigenvalue weighted by Gasteiger charge is -2.20. The van der Waals surface area contributed by atoms with Crippen LogP contribution >= 0.6 is 0 Å². The number of hydrogen-bond donors (Lipinski definition) is 0.